The molecule has 0 saturated heterocycles. The quantitative estimate of drug-likeness (QED) is 0.612. The molecule has 0 aromatic heterocycles. The topological polar surface area (TPSA) is 41.9 Å². The van der Waals surface area contributed by atoms with Gasteiger partial charge in [-0.3, -0.25) is 9.69 Å². The van der Waals surface area contributed by atoms with Gasteiger partial charge in [-0.25, -0.2) is 4.99 Å². The summed E-state index contributed by atoms with van der Waals surface area (Å²) in [4.78, 5) is 19.8. The zero-order valence-electron chi connectivity index (χ0n) is 14.2. The molecule has 134 valence electrons. The van der Waals surface area contributed by atoms with Gasteiger partial charge in [-0.1, -0.05) is 51.4 Å². The highest BCUT2D eigenvalue weighted by Gasteiger charge is 2.54. The summed E-state index contributed by atoms with van der Waals surface area (Å²) >= 11 is 11.1. The van der Waals surface area contributed by atoms with Crippen molar-refractivity contribution in [3.63, 3.8) is 0 Å². The second kappa shape index (κ2) is 6.59. The van der Waals surface area contributed by atoms with E-state index in [9.17, 15) is 4.79 Å². The van der Waals surface area contributed by atoms with Gasteiger partial charge in [-0.15, -0.1) is 0 Å². The molecule has 0 aliphatic carbocycles. The lowest BCUT2D eigenvalue weighted by Crippen LogP contribution is -2.42. The number of rotatable bonds is 1. The third-order valence-electron chi connectivity index (χ3n) is 4.77. The van der Waals surface area contributed by atoms with Crippen LogP contribution in [0.3, 0.4) is 0 Å². The summed E-state index contributed by atoms with van der Waals surface area (Å²) in [5.74, 6) is 0.647. The first-order valence-electron chi connectivity index (χ1n) is 8.09. The number of aliphatic imine (C=N–C) groups is 1. The maximum atomic E-state index is 13.3. The van der Waals surface area contributed by atoms with Crippen molar-refractivity contribution in [1.29, 1.82) is 0 Å². The van der Waals surface area contributed by atoms with Crippen LogP contribution in [0.1, 0.15) is 23.7 Å². The smallest absolute Gasteiger partial charge is 0.261 e. The molecule has 1 spiro atoms. The standard InChI is InChI=1S/C19H16BrClN2O2S/c1-23-17(24)19(22-18(23)26-2)10-16(11-4-3-5-13(21)8-11)25-15-7-6-12(20)9-14(15)19/h3-9,16H,10H2,1-2H3. The third-order valence-corrected chi connectivity index (χ3v) is 6.23. The fourth-order valence-corrected chi connectivity index (χ4v) is 4.70. The molecule has 2 aromatic rings. The van der Waals surface area contributed by atoms with Crippen molar-refractivity contribution in [2.24, 2.45) is 4.99 Å². The van der Waals surface area contributed by atoms with Crippen LogP contribution < -0.4 is 4.74 Å². The van der Waals surface area contributed by atoms with E-state index in [1.165, 1.54) is 11.8 Å². The van der Waals surface area contributed by atoms with Crippen molar-refractivity contribution in [2.45, 2.75) is 18.1 Å². The molecule has 0 radical (unpaired) electrons. The van der Waals surface area contributed by atoms with Crippen LogP contribution in [0.5, 0.6) is 5.75 Å². The number of hydrogen-bond acceptors (Lipinski definition) is 4. The number of carbonyl (C=O) groups excluding carboxylic acids is 1. The second-order valence-corrected chi connectivity index (χ2v) is 8.45. The van der Waals surface area contributed by atoms with Crippen molar-refractivity contribution in [3.05, 3.63) is 63.1 Å². The van der Waals surface area contributed by atoms with Gasteiger partial charge in [0.1, 0.15) is 11.9 Å². The molecule has 4 nitrogen and oxygen atoms in total. The van der Waals surface area contributed by atoms with Crippen molar-refractivity contribution in [3.8, 4) is 5.75 Å². The number of carbonyl (C=O) groups is 1. The number of nitrogens with zero attached hydrogens (tertiary/aromatic N) is 2. The minimum atomic E-state index is -0.975. The Balaban J connectivity index is 1.89. The lowest BCUT2D eigenvalue weighted by atomic mass is 9.80. The number of benzene rings is 2. The van der Waals surface area contributed by atoms with E-state index in [0.29, 0.717) is 22.4 Å². The zero-order chi connectivity index (χ0) is 18.5. The van der Waals surface area contributed by atoms with Gasteiger partial charge < -0.3 is 4.74 Å². The predicted octanol–water partition coefficient (Wildman–Crippen LogP) is 5.01. The third kappa shape index (κ3) is 2.75. The molecule has 2 aliphatic rings. The molecule has 26 heavy (non-hydrogen) atoms. The molecule has 1 amide bonds. The SMILES string of the molecule is CSC1=NC2(CC(c3cccc(Cl)c3)Oc3ccc(Br)cc32)C(=O)N1C. The van der Waals surface area contributed by atoms with E-state index < -0.39 is 5.54 Å². The highest BCUT2D eigenvalue weighted by atomic mass is 79.9. The Morgan fingerprint density at radius 3 is 2.85 bits per heavy atom. The summed E-state index contributed by atoms with van der Waals surface area (Å²) < 4.78 is 7.13. The first kappa shape index (κ1) is 17.9. The van der Waals surface area contributed by atoms with Crippen LogP contribution >= 0.6 is 39.3 Å². The van der Waals surface area contributed by atoms with Crippen LogP contribution in [-0.2, 0) is 10.3 Å². The monoisotopic (exact) mass is 450 g/mol. The summed E-state index contributed by atoms with van der Waals surface area (Å²) in [7, 11) is 1.77. The van der Waals surface area contributed by atoms with E-state index in [2.05, 4.69) is 15.9 Å². The fourth-order valence-electron chi connectivity index (χ4n) is 3.54. The average molecular weight is 452 g/mol. The van der Waals surface area contributed by atoms with Crippen LogP contribution in [0.15, 0.2) is 51.9 Å². The fraction of sp³-hybridized carbons (Fsp3) is 0.263. The number of hydrogen-bond donors (Lipinski definition) is 0. The van der Waals surface area contributed by atoms with E-state index >= 15 is 0 Å². The Kier molecular flexibility index (Phi) is 4.53. The molecule has 0 N–H and O–H groups in total. The van der Waals surface area contributed by atoms with E-state index in [-0.39, 0.29) is 12.0 Å². The number of fused-ring (bicyclic) bond motifs is 2. The molecule has 7 heteroatoms. The molecule has 2 atom stereocenters. The summed E-state index contributed by atoms with van der Waals surface area (Å²) in [6.45, 7) is 0. The highest BCUT2D eigenvalue weighted by Crippen LogP contribution is 2.51. The summed E-state index contributed by atoms with van der Waals surface area (Å²) in [5, 5.41) is 1.36. The summed E-state index contributed by atoms with van der Waals surface area (Å²) in [6.07, 6.45) is 2.06. The van der Waals surface area contributed by atoms with Gasteiger partial charge in [0.2, 0.25) is 0 Å². The van der Waals surface area contributed by atoms with Crippen LogP contribution in [0.4, 0.5) is 0 Å². The van der Waals surface area contributed by atoms with Gasteiger partial charge in [0.05, 0.1) is 0 Å². The van der Waals surface area contributed by atoms with E-state index in [1.54, 1.807) is 11.9 Å². The van der Waals surface area contributed by atoms with E-state index in [1.807, 2.05) is 48.7 Å². The molecule has 2 aliphatic heterocycles. The molecular weight excluding hydrogens is 436 g/mol. The van der Waals surface area contributed by atoms with Gasteiger partial charge in [0.25, 0.3) is 5.91 Å². The van der Waals surface area contributed by atoms with Crippen LogP contribution in [-0.4, -0.2) is 29.3 Å². The Morgan fingerprint density at radius 2 is 2.15 bits per heavy atom. The maximum Gasteiger partial charge on any atom is 0.261 e. The maximum absolute atomic E-state index is 13.3. The number of amides is 1. The number of likely N-dealkylation sites (N-methyl/N-ethyl adjacent to an activating group) is 1. The average Bonchev–Trinajstić information content (AvgIpc) is 2.87. The van der Waals surface area contributed by atoms with Crippen molar-refractivity contribution >= 4 is 50.4 Å². The zero-order valence-corrected chi connectivity index (χ0v) is 17.4. The second-order valence-electron chi connectivity index (χ2n) is 6.33. The predicted molar refractivity (Wildman–Crippen MR) is 109 cm³/mol. The molecule has 0 saturated carbocycles. The van der Waals surface area contributed by atoms with Crippen molar-refractivity contribution < 1.29 is 9.53 Å². The van der Waals surface area contributed by atoms with E-state index in [0.717, 1.165) is 15.6 Å². The molecule has 2 aromatic carbocycles. The van der Waals surface area contributed by atoms with Gasteiger partial charge in [0.15, 0.2) is 10.7 Å². The normalized spacial score (nSPS) is 24.5. The van der Waals surface area contributed by atoms with Crippen LogP contribution in [0, 0.1) is 0 Å². The Labute approximate surface area is 169 Å². The van der Waals surface area contributed by atoms with Gasteiger partial charge >= 0.3 is 0 Å². The number of amidine groups is 1. The summed E-state index contributed by atoms with van der Waals surface area (Å²) in [6, 6.07) is 13.3. The van der Waals surface area contributed by atoms with Gasteiger partial charge in [-0.2, -0.15) is 0 Å². The number of halogens is 2. The minimum absolute atomic E-state index is 0.0310. The largest absolute Gasteiger partial charge is 0.485 e. The van der Waals surface area contributed by atoms with Crippen LogP contribution in [0.2, 0.25) is 5.02 Å². The summed E-state index contributed by atoms with van der Waals surface area (Å²) in [5.41, 5.74) is 0.761. The van der Waals surface area contributed by atoms with Crippen LogP contribution in [0.25, 0.3) is 0 Å². The number of ether oxygens (including phenoxy) is 1. The molecule has 0 fully saturated rings. The Bertz CT molecular complexity index is 936. The van der Waals surface area contributed by atoms with Crippen molar-refractivity contribution in [1.82, 2.24) is 4.90 Å². The van der Waals surface area contributed by atoms with E-state index in [4.69, 9.17) is 21.3 Å². The lowest BCUT2D eigenvalue weighted by molar-refractivity contribution is -0.132. The lowest BCUT2D eigenvalue weighted by Gasteiger charge is -2.37. The molecule has 2 unspecified atom stereocenters. The number of thioether (sulfide) groups is 1. The first-order chi connectivity index (χ1) is 12.4. The molecule has 0 bridgehead atoms. The van der Waals surface area contributed by atoms with Crippen molar-refractivity contribution in [2.75, 3.05) is 13.3 Å². The molecule has 4 rings (SSSR count). The molecule has 2 heterocycles. The molecular formula is C19H16BrClN2O2S. The van der Waals surface area contributed by atoms with Gasteiger partial charge in [-0.05, 0) is 42.2 Å². The Morgan fingerprint density at radius 1 is 1.35 bits per heavy atom. The first-order valence-corrected chi connectivity index (χ1v) is 10.5. The minimum Gasteiger partial charge on any atom is -0.485 e. The highest BCUT2D eigenvalue weighted by molar-refractivity contribution is 9.10. The van der Waals surface area contributed by atoms with Gasteiger partial charge in [0, 0.05) is 28.5 Å². The Hall–Kier alpha value is -1.50.